The maximum Gasteiger partial charge on any atom is 0.139 e. The molecule has 0 radical (unpaired) electrons. The summed E-state index contributed by atoms with van der Waals surface area (Å²) in [6.45, 7) is 3.89. The Morgan fingerprint density at radius 2 is 2.10 bits per heavy atom. The molecule has 6 heteroatoms. The molecule has 0 saturated heterocycles. The first-order valence-corrected chi connectivity index (χ1v) is 7.15. The van der Waals surface area contributed by atoms with Crippen LogP contribution in [0.4, 0.5) is 21.7 Å². The zero-order valence-electron chi connectivity index (χ0n) is 11.4. The summed E-state index contributed by atoms with van der Waals surface area (Å²) in [4.78, 5) is 8.68. The second-order valence-electron chi connectivity index (χ2n) is 4.50. The highest BCUT2D eigenvalue weighted by molar-refractivity contribution is 9.10. The van der Waals surface area contributed by atoms with Crippen molar-refractivity contribution < 1.29 is 4.39 Å². The van der Waals surface area contributed by atoms with Crippen LogP contribution in [0.1, 0.15) is 24.7 Å². The summed E-state index contributed by atoms with van der Waals surface area (Å²) in [7, 11) is 0. The quantitative estimate of drug-likeness (QED) is 0.885. The van der Waals surface area contributed by atoms with Crippen LogP contribution in [0.3, 0.4) is 0 Å². The lowest BCUT2D eigenvalue weighted by molar-refractivity contribution is 0.622. The maximum atomic E-state index is 13.5. The van der Waals surface area contributed by atoms with Gasteiger partial charge in [-0.15, -0.1) is 0 Å². The van der Waals surface area contributed by atoms with E-state index in [9.17, 15) is 4.39 Å². The van der Waals surface area contributed by atoms with Crippen LogP contribution in [0.15, 0.2) is 22.7 Å². The molecule has 0 amide bonds. The molecule has 106 valence electrons. The summed E-state index contributed by atoms with van der Waals surface area (Å²) in [5.74, 6) is 1.42. The van der Waals surface area contributed by atoms with Gasteiger partial charge in [-0.05, 0) is 47.5 Å². The van der Waals surface area contributed by atoms with Crippen molar-refractivity contribution in [1.29, 1.82) is 0 Å². The number of hydrogen-bond donors (Lipinski definition) is 2. The van der Waals surface area contributed by atoms with E-state index in [0.717, 1.165) is 18.4 Å². The maximum absolute atomic E-state index is 13.5. The van der Waals surface area contributed by atoms with Crippen LogP contribution in [-0.4, -0.2) is 9.97 Å². The summed E-state index contributed by atoms with van der Waals surface area (Å²) in [6.07, 6.45) is 1.70. The van der Waals surface area contributed by atoms with Crippen LogP contribution in [0.5, 0.6) is 0 Å². The van der Waals surface area contributed by atoms with Crippen molar-refractivity contribution in [1.82, 2.24) is 9.97 Å². The lowest BCUT2D eigenvalue weighted by atomic mass is 10.2. The van der Waals surface area contributed by atoms with Gasteiger partial charge in [0, 0.05) is 17.7 Å². The van der Waals surface area contributed by atoms with Crippen molar-refractivity contribution in [2.24, 2.45) is 0 Å². The van der Waals surface area contributed by atoms with Crippen LogP contribution in [-0.2, 0) is 6.42 Å². The average Bonchev–Trinajstić information content (AvgIpc) is 2.40. The van der Waals surface area contributed by atoms with E-state index in [1.54, 1.807) is 12.1 Å². The second-order valence-corrected chi connectivity index (χ2v) is 5.36. The Hall–Kier alpha value is -1.69. The van der Waals surface area contributed by atoms with Crippen LogP contribution in [0, 0.1) is 12.7 Å². The van der Waals surface area contributed by atoms with Crippen molar-refractivity contribution in [2.45, 2.75) is 26.7 Å². The van der Waals surface area contributed by atoms with Gasteiger partial charge in [-0.25, -0.2) is 14.4 Å². The number of aryl methyl sites for hydroxylation is 1. The Kier molecular flexibility index (Phi) is 4.54. The van der Waals surface area contributed by atoms with Crippen molar-refractivity contribution in [2.75, 3.05) is 11.1 Å². The van der Waals surface area contributed by atoms with Gasteiger partial charge < -0.3 is 11.1 Å². The molecule has 2 rings (SSSR count). The van der Waals surface area contributed by atoms with Crippen molar-refractivity contribution in [3.05, 3.63) is 39.9 Å². The van der Waals surface area contributed by atoms with Crippen LogP contribution in [0.25, 0.3) is 0 Å². The number of hydrogen-bond acceptors (Lipinski definition) is 4. The first kappa shape index (κ1) is 14.7. The number of aromatic nitrogens is 2. The second kappa shape index (κ2) is 6.17. The van der Waals surface area contributed by atoms with Crippen molar-refractivity contribution in [3.8, 4) is 0 Å². The highest BCUT2D eigenvalue weighted by Crippen LogP contribution is 2.25. The predicted molar refractivity (Wildman–Crippen MR) is 82.6 cm³/mol. The number of rotatable bonds is 4. The number of nitrogens with one attached hydrogen (secondary N) is 1. The molecular formula is C14H16BrFN4. The lowest BCUT2D eigenvalue weighted by Crippen LogP contribution is -2.07. The van der Waals surface area contributed by atoms with Gasteiger partial charge >= 0.3 is 0 Å². The van der Waals surface area contributed by atoms with Crippen molar-refractivity contribution >= 4 is 33.3 Å². The molecule has 0 bridgehead atoms. The normalized spacial score (nSPS) is 10.6. The van der Waals surface area contributed by atoms with E-state index >= 15 is 0 Å². The van der Waals surface area contributed by atoms with E-state index < -0.39 is 0 Å². The summed E-state index contributed by atoms with van der Waals surface area (Å²) < 4.78 is 13.9. The third-order valence-corrected chi connectivity index (χ3v) is 3.53. The van der Waals surface area contributed by atoms with E-state index in [0.29, 0.717) is 27.6 Å². The van der Waals surface area contributed by atoms with Crippen molar-refractivity contribution in [3.63, 3.8) is 0 Å². The molecule has 1 aromatic carbocycles. The van der Waals surface area contributed by atoms with Gasteiger partial charge in [0.05, 0.1) is 4.47 Å². The molecule has 0 aliphatic carbocycles. The van der Waals surface area contributed by atoms with Gasteiger partial charge in [0.2, 0.25) is 0 Å². The number of nitrogen functional groups attached to an aromatic ring is 1. The summed E-state index contributed by atoms with van der Waals surface area (Å²) in [6, 6.07) is 4.82. The molecule has 0 fully saturated rings. The van der Waals surface area contributed by atoms with Gasteiger partial charge in [0.15, 0.2) is 0 Å². The Labute approximate surface area is 125 Å². The fraction of sp³-hybridized carbons (Fsp3) is 0.286. The monoisotopic (exact) mass is 338 g/mol. The average molecular weight is 339 g/mol. The summed E-state index contributed by atoms with van der Waals surface area (Å²) in [5.41, 5.74) is 7.26. The number of nitrogens with zero attached hydrogens (tertiary/aromatic N) is 2. The fourth-order valence-electron chi connectivity index (χ4n) is 1.75. The van der Waals surface area contributed by atoms with E-state index in [1.165, 1.54) is 6.07 Å². The smallest absolute Gasteiger partial charge is 0.139 e. The first-order chi connectivity index (χ1) is 9.51. The van der Waals surface area contributed by atoms with Gasteiger partial charge in [-0.3, -0.25) is 0 Å². The largest absolute Gasteiger partial charge is 0.383 e. The molecule has 0 aliphatic rings. The molecule has 1 aromatic heterocycles. The Bertz CT molecular complexity index is 631. The molecule has 2 aromatic rings. The van der Waals surface area contributed by atoms with Gasteiger partial charge in [0.25, 0.3) is 0 Å². The predicted octanol–water partition coefficient (Wildman–Crippen LogP) is 3.96. The molecule has 0 spiro atoms. The first-order valence-electron chi connectivity index (χ1n) is 6.36. The van der Waals surface area contributed by atoms with Gasteiger partial charge in [-0.2, -0.15) is 0 Å². The number of nitrogens with two attached hydrogens (primary N) is 1. The molecule has 20 heavy (non-hydrogen) atoms. The minimum atomic E-state index is -0.330. The van der Waals surface area contributed by atoms with Gasteiger partial charge in [-0.1, -0.05) is 6.92 Å². The topological polar surface area (TPSA) is 63.8 Å². The number of benzene rings is 1. The Balaban J connectivity index is 2.34. The minimum absolute atomic E-state index is 0.330. The van der Waals surface area contributed by atoms with E-state index in [2.05, 4.69) is 38.1 Å². The molecule has 4 nitrogen and oxygen atoms in total. The van der Waals surface area contributed by atoms with Crippen LogP contribution in [0.2, 0.25) is 0 Å². The third-order valence-electron chi connectivity index (χ3n) is 2.89. The molecule has 0 unspecified atom stereocenters. The molecule has 0 saturated carbocycles. The minimum Gasteiger partial charge on any atom is -0.383 e. The molecule has 0 aliphatic heterocycles. The zero-order valence-corrected chi connectivity index (χ0v) is 13.0. The standard InChI is InChI=1S/C14H16BrFN4/c1-3-4-12-19-13(17)8(2)14(20-12)18-9-5-6-10(15)11(16)7-9/h5-7H,3-4H2,1-2H3,(H3,17,18,19,20). The molecule has 0 atom stereocenters. The van der Waals surface area contributed by atoms with E-state index in [-0.39, 0.29) is 5.82 Å². The highest BCUT2D eigenvalue weighted by atomic mass is 79.9. The van der Waals surface area contributed by atoms with Gasteiger partial charge in [0.1, 0.15) is 23.3 Å². The zero-order chi connectivity index (χ0) is 14.7. The molecule has 3 N–H and O–H groups in total. The van der Waals surface area contributed by atoms with Crippen LogP contribution >= 0.6 is 15.9 Å². The molecule has 1 heterocycles. The highest BCUT2D eigenvalue weighted by Gasteiger charge is 2.09. The molecular weight excluding hydrogens is 323 g/mol. The third kappa shape index (κ3) is 3.25. The van der Waals surface area contributed by atoms with E-state index in [4.69, 9.17) is 5.73 Å². The number of halogens is 2. The van der Waals surface area contributed by atoms with E-state index in [1.807, 2.05) is 6.92 Å². The Morgan fingerprint density at radius 3 is 2.75 bits per heavy atom. The fourth-order valence-corrected chi connectivity index (χ4v) is 2.00. The summed E-state index contributed by atoms with van der Waals surface area (Å²) >= 11 is 3.12. The summed E-state index contributed by atoms with van der Waals surface area (Å²) in [5, 5.41) is 3.09. The SMILES string of the molecule is CCCc1nc(N)c(C)c(Nc2ccc(Br)c(F)c2)n1. The number of anilines is 3. The lowest BCUT2D eigenvalue weighted by Gasteiger charge is -2.12. The Morgan fingerprint density at radius 1 is 1.35 bits per heavy atom. The van der Waals surface area contributed by atoms with Crippen LogP contribution < -0.4 is 11.1 Å².